The molecule has 0 unspecified atom stereocenters. The van der Waals surface area contributed by atoms with Gasteiger partial charge in [0.05, 0.1) is 6.54 Å². The summed E-state index contributed by atoms with van der Waals surface area (Å²) < 4.78 is 9.14. The number of aliphatic hydroxyl groups is 1. The van der Waals surface area contributed by atoms with E-state index in [1.54, 1.807) is 6.07 Å². The first-order valence-electron chi connectivity index (χ1n) is 9.19. The molecule has 0 aliphatic rings. The van der Waals surface area contributed by atoms with Crippen molar-refractivity contribution in [3.05, 3.63) is 50.7 Å². The van der Waals surface area contributed by atoms with E-state index < -0.39 is 29.9 Å². The molecule has 3 N–H and O–H groups in total. The first kappa shape index (κ1) is 21.1. The summed E-state index contributed by atoms with van der Waals surface area (Å²) in [5.74, 6) is -0.450. The first-order chi connectivity index (χ1) is 14.2. The van der Waals surface area contributed by atoms with Crippen molar-refractivity contribution in [3.8, 4) is 5.75 Å². The summed E-state index contributed by atoms with van der Waals surface area (Å²) in [6.45, 7) is 1.27. The maximum Gasteiger partial charge on any atom is 0.332 e. The fourth-order valence-electron chi connectivity index (χ4n) is 3.08. The Kier molecular flexibility index (Phi) is 5.92. The van der Waals surface area contributed by atoms with E-state index in [-0.39, 0.29) is 30.3 Å². The lowest BCUT2D eigenvalue weighted by Gasteiger charge is -2.16. The minimum Gasteiger partial charge on any atom is -0.491 e. The summed E-state index contributed by atoms with van der Waals surface area (Å²) in [4.78, 5) is 40.1. The number of aromatic nitrogens is 4. The Morgan fingerprint density at radius 2 is 1.93 bits per heavy atom. The predicted molar refractivity (Wildman–Crippen MR) is 109 cm³/mol. The lowest BCUT2D eigenvalue weighted by atomic mass is 10.2. The van der Waals surface area contributed by atoms with Crippen LogP contribution in [0.5, 0.6) is 5.75 Å². The number of imidazole rings is 1. The number of rotatable bonds is 8. The predicted octanol–water partition coefficient (Wildman–Crippen LogP) is -0.321. The van der Waals surface area contributed by atoms with Crippen molar-refractivity contribution in [1.29, 1.82) is 0 Å². The van der Waals surface area contributed by atoms with Crippen LogP contribution in [0.3, 0.4) is 0 Å². The zero-order chi connectivity index (χ0) is 22.0. The number of anilines is 1. The zero-order valence-electron chi connectivity index (χ0n) is 16.8. The lowest BCUT2D eigenvalue weighted by molar-refractivity contribution is -0.134. The number of fused-ring (bicyclic) bond motifs is 1. The van der Waals surface area contributed by atoms with Gasteiger partial charge in [-0.2, -0.15) is 4.98 Å². The Morgan fingerprint density at radius 1 is 1.23 bits per heavy atom. The largest absolute Gasteiger partial charge is 0.491 e. The molecule has 2 heterocycles. The van der Waals surface area contributed by atoms with Gasteiger partial charge in [0.1, 0.15) is 25.0 Å². The number of hydrogen-bond acceptors (Lipinski definition) is 7. The van der Waals surface area contributed by atoms with Gasteiger partial charge in [-0.3, -0.25) is 18.7 Å². The van der Waals surface area contributed by atoms with E-state index >= 15 is 0 Å². The van der Waals surface area contributed by atoms with Gasteiger partial charge in [0, 0.05) is 14.1 Å². The summed E-state index contributed by atoms with van der Waals surface area (Å²) >= 11 is 0. The van der Waals surface area contributed by atoms with Gasteiger partial charge in [0.2, 0.25) is 5.95 Å². The van der Waals surface area contributed by atoms with Crippen LogP contribution in [0.25, 0.3) is 11.2 Å². The van der Waals surface area contributed by atoms with Crippen LogP contribution in [0.1, 0.15) is 5.56 Å². The fourth-order valence-corrected chi connectivity index (χ4v) is 3.08. The van der Waals surface area contributed by atoms with Gasteiger partial charge in [-0.15, -0.1) is 0 Å². The van der Waals surface area contributed by atoms with Crippen LogP contribution in [0.15, 0.2) is 33.9 Å². The van der Waals surface area contributed by atoms with E-state index in [0.717, 1.165) is 10.1 Å². The number of aliphatic carboxylic acids is 1. The van der Waals surface area contributed by atoms with Gasteiger partial charge in [0.15, 0.2) is 11.2 Å². The van der Waals surface area contributed by atoms with Crippen LogP contribution in [-0.2, 0) is 25.4 Å². The number of hydrogen-bond donors (Lipinski definition) is 3. The summed E-state index contributed by atoms with van der Waals surface area (Å²) in [6, 6.07) is 7.34. The number of nitrogens with one attached hydrogen (secondary N) is 1. The molecule has 0 radical (unpaired) electrons. The molecule has 1 aromatic carbocycles. The van der Waals surface area contributed by atoms with E-state index in [2.05, 4.69) is 10.3 Å². The van der Waals surface area contributed by atoms with Crippen LogP contribution in [0.2, 0.25) is 0 Å². The monoisotopic (exact) mass is 417 g/mol. The number of nitrogens with zero attached hydrogens (tertiary/aromatic N) is 4. The van der Waals surface area contributed by atoms with Crippen molar-refractivity contribution in [2.45, 2.75) is 19.6 Å². The highest BCUT2D eigenvalue weighted by atomic mass is 16.5. The number of carboxylic acids is 1. The number of carbonyl (C=O) groups is 1. The van der Waals surface area contributed by atoms with E-state index in [0.29, 0.717) is 5.75 Å². The third-order valence-electron chi connectivity index (χ3n) is 4.66. The molecule has 3 aromatic rings. The van der Waals surface area contributed by atoms with Gasteiger partial charge < -0.3 is 24.8 Å². The molecule has 3 rings (SSSR count). The molecule has 160 valence electrons. The van der Waals surface area contributed by atoms with Crippen LogP contribution in [0.4, 0.5) is 5.95 Å². The van der Waals surface area contributed by atoms with Gasteiger partial charge >= 0.3 is 11.7 Å². The lowest BCUT2D eigenvalue weighted by Crippen LogP contribution is -2.38. The van der Waals surface area contributed by atoms with E-state index in [9.17, 15) is 19.5 Å². The smallest absolute Gasteiger partial charge is 0.332 e. The third-order valence-corrected chi connectivity index (χ3v) is 4.66. The Balaban J connectivity index is 1.96. The van der Waals surface area contributed by atoms with Crippen LogP contribution >= 0.6 is 0 Å². The highest BCUT2D eigenvalue weighted by Crippen LogP contribution is 2.18. The molecule has 0 bridgehead atoms. The number of benzene rings is 1. The maximum atomic E-state index is 12.7. The zero-order valence-corrected chi connectivity index (χ0v) is 16.8. The molecule has 30 heavy (non-hydrogen) atoms. The van der Waals surface area contributed by atoms with Gasteiger partial charge in [0.25, 0.3) is 5.56 Å². The van der Waals surface area contributed by atoms with E-state index in [1.807, 2.05) is 25.1 Å². The molecule has 0 saturated carbocycles. The molecule has 0 aliphatic heterocycles. The van der Waals surface area contributed by atoms with Crippen molar-refractivity contribution in [3.63, 3.8) is 0 Å². The second-order valence-corrected chi connectivity index (χ2v) is 6.90. The fraction of sp³-hybridized carbons (Fsp3) is 0.368. The van der Waals surface area contributed by atoms with E-state index in [4.69, 9.17) is 9.84 Å². The number of para-hydroxylation sites is 1. The number of carboxylic acid groups (broad SMARTS) is 1. The summed E-state index contributed by atoms with van der Waals surface area (Å²) in [5.41, 5.74) is -0.0997. The Labute approximate surface area is 170 Å². The van der Waals surface area contributed by atoms with E-state index in [1.165, 1.54) is 23.2 Å². The molecule has 0 amide bonds. The number of ether oxygens (including phenoxy) is 1. The molecule has 0 aliphatic carbocycles. The number of aryl methyl sites for hydroxylation is 2. The molecule has 0 spiro atoms. The molecule has 1 atom stereocenters. The topological polar surface area (TPSA) is 141 Å². The summed E-state index contributed by atoms with van der Waals surface area (Å²) in [5, 5.41) is 22.1. The maximum absolute atomic E-state index is 12.7. The van der Waals surface area contributed by atoms with Crippen molar-refractivity contribution in [2.75, 3.05) is 18.5 Å². The summed E-state index contributed by atoms with van der Waals surface area (Å²) in [7, 11) is 2.80. The van der Waals surface area contributed by atoms with Gasteiger partial charge in [-0.25, -0.2) is 4.79 Å². The normalized spacial score (nSPS) is 12.1. The van der Waals surface area contributed by atoms with Crippen molar-refractivity contribution in [2.24, 2.45) is 14.1 Å². The molecular formula is C19H23N5O6. The van der Waals surface area contributed by atoms with Gasteiger partial charge in [-0.05, 0) is 18.6 Å². The standard InChI is InChI=1S/C19H23N5O6/c1-11-6-4-5-7-13(11)30-10-12(25)9-24-15-16(21-18(24)20-8-14(26)27)22(2)19(29)23(3)17(15)28/h4-7,12,25H,8-10H2,1-3H3,(H,20,21)(H,26,27)/t12-/m1/s1. The Bertz CT molecular complexity index is 1210. The number of aliphatic hydroxyl groups excluding tert-OH is 1. The molecule has 11 heteroatoms. The third kappa shape index (κ3) is 4.06. The van der Waals surface area contributed by atoms with Crippen molar-refractivity contribution >= 4 is 23.1 Å². The highest BCUT2D eigenvalue weighted by molar-refractivity contribution is 5.76. The molecule has 0 saturated heterocycles. The van der Waals surface area contributed by atoms with Crippen molar-refractivity contribution < 1.29 is 19.7 Å². The molecule has 11 nitrogen and oxygen atoms in total. The van der Waals surface area contributed by atoms with Crippen LogP contribution in [-0.4, -0.2) is 54.1 Å². The second kappa shape index (κ2) is 8.41. The molecule has 0 fully saturated rings. The average Bonchev–Trinajstić information content (AvgIpc) is 3.06. The quantitative estimate of drug-likeness (QED) is 0.453. The summed E-state index contributed by atoms with van der Waals surface area (Å²) in [6.07, 6.45) is -1.03. The van der Waals surface area contributed by atoms with Crippen LogP contribution in [0, 0.1) is 6.92 Å². The first-order valence-corrected chi connectivity index (χ1v) is 9.19. The average molecular weight is 417 g/mol. The van der Waals surface area contributed by atoms with Gasteiger partial charge in [-0.1, -0.05) is 18.2 Å². The second-order valence-electron chi connectivity index (χ2n) is 6.90. The van der Waals surface area contributed by atoms with Crippen molar-refractivity contribution in [1.82, 2.24) is 18.7 Å². The van der Waals surface area contributed by atoms with Crippen LogP contribution < -0.4 is 21.3 Å². The minimum absolute atomic E-state index is 0.0561. The molecular weight excluding hydrogens is 394 g/mol. The Morgan fingerprint density at radius 3 is 2.60 bits per heavy atom. The molecule has 2 aromatic heterocycles. The highest BCUT2D eigenvalue weighted by Gasteiger charge is 2.21. The Hall–Kier alpha value is -3.60. The minimum atomic E-state index is -1.13. The SMILES string of the molecule is Cc1ccccc1OC[C@H](O)Cn1c(NCC(=O)O)nc2c1c(=O)n(C)c(=O)n2C.